The van der Waals surface area contributed by atoms with Crippen LogP contribution in [0.15, 0.2) is 65.6 Å². The molecule has 1 aromatic heterocycles. The molecular formula is C27H32ClN3O3. The topological polar surface area (TPSA) is 58.8 Å². The summed E-state index contributed by atoms with van der Waals surface area (Å²) < 4.78 is 11.9. The van der Waals surface area contributed by atoms with E-state index in [1.54, 1.807) is 12.1 Å². The highest BCUT2D eigenvalue weighted by molar-refractivity contribution is 6.31. The summed E-state index contributed by atoms with van der Waals surface area (Å²) in [5, 5.41) is 0.615. The molecule has 0 radical (unpaired) electrons. The van der Waals surface area contributed by atoms with Crippen molar-refractivity contribution in [3.05, 3.63) is 71.8 Å². The smallest absolute Gasteiger partial charge is 0.410 e. The molecule has 0 unspecified atom stereocenters. The van der Waals surface area contributed by atoms with Crippen LogP contribution < -0.4 is 4.90 Å². The van der Waals surface area contributed by atoms with Gasteiger partial charge in [-0.1, -0.05) is 48.0 Å². The number of carbonyl (C=O) groups is 1. The number of nitrogens with zero attached hydrogens (tertiary/aromatic N) is 3. The molecule has 6 nitrogen and oxygen atoms in total. The number of halogens is 1. The van der Waals surface area contributed by atoms with Gasteiger partial charge in [-0.15, -0.1) is 6.58 Å². The highest BCUT2D eigenvalue weighted by Crippen LogP contribution is 2.35. The standard InChI is InChI=1S/C27H32ClN3O3/c1-5-13-27(17-20-9-7-6-8-10-20)18-30(14-15-31(19-27)25(32)34-26(2,3)4)24-29-22-16-21(28)11-12-23(22)33-24/h5-12,16H,1,13-15,17-19H2,2-4H3/t27-/m1/s1. The third-order valence-electron chi connectivity index (χ3n) is 5.95. The molecule has 34 heavy (non-hydrogen) atoms. The van der Waals surface area contributed by atoms with Gasteiger partial charge in [0.2, 0.25) is 0 Å². The lowest BCUT2D eigenvalue weighted by molar-refractivity contribution is 0.0192. The number of anilines is 1. The number of hydrogen-bond acceptors (Lipinski definition) is 5. The molecule has 0 N–H and O–H groups in total. The average molecular weight is 482 g/mol. The van der Waals surface area contributed by atoms with Crippen LogP contribution in [0.5, 0.6) is 0 Å². The normalized spacial score (nSPS) is 19.2. The summed E-state index contributed by atoms with van der Waals surface area (Å²) in [6.07, 6.45) is 3.14. The monoisotopic (exact) mass is 481 g/mol. The van der Waals surface area contributed by atoms with E-state index in [4.69, 9.17) is 25.7 Å². The summed E-state index contributed by atoms with van der Waals surface area (Å²) in [6, 6.07) is 16.3. The first-order valence-corrected chi connectivity index (χ1v) is 12.0. The Morgan fingerprint density at radius 3 is 2.68 bits per heavy atom. The zero-order chi connectivity index (χ0) is 24.3. The van der Waals surface area contributed by atoms with E-state index in [-0.39, 0.29) is 11.5 Å². The molecule has 180 valence electrons. The predicted octanol–water partition coefficient (Wildman–Crippen LogP) is 6.34. The molecular weight excluding hydrogens is 450 g/mol. The number of carbonyl (C=O) groups excluding carboxylic acids is 1. The molecule has 0 saturated carbocycles. The fourth-order valence-electron chi connectivity index (χ4n) is 4.58. The molecule has 1 aliphatic rings. The van der Waals surface area contributed by atoms with Gasteiger partial charge in [0, 0.05) is 36.6 Å². The van der Waals surface area contributed by atoms with Crippen LogP contribution in [0.4, 0.5) is 10.8 Å². The third kappa shape index (κ3) is 5.73. The maximum absolute atomic E-state index is 13.1. The van der Waals surface area contributed by atoms with Crippen molar-refractivity contribution in [2.45, 2.75) is 39.2 Å². The molecule has 3 aromatic rings. The lowest BCUT2D eigenvalue weighted by Crippen LogP contribution is -2.45. The quantitative estimate of drug-likeness (QED) is 0.398. The Morgan fingerprint density at radius 1 is 1.21 bits per heavy atom. The molecule has 4 rings (SSSR count). The Labute approximate surface area is 206 Å². The van der Waals surface area contributed by atoms with E-state index >= 15 is 0 Å². The average Bonchev–Trinajstić information content (AvgIpc) is 3.09. The molecule has 0 spiro atoms. The van der Waals surface area contributed by atoms with E-state index in [1.165, 1.54) is 5.56 Å². The largest absolute Gasteiger partial charge is 0.444 e. The highest BCUT2D eigenvalue weighted by atomic mass is 35.5. The fourth-order valence-corrected chi connectivity index (χ4v) is 4.74. The van der Waals surface area contributed by atoms with Gasteiger partial charge in [-0.2, -0.15) is 4.98 Å². The summed E-state index contributed by atoms with van der Waals surface area (Å²) in [5.74, 6) is 0. The van der Waals surface area contributed by atoms with E-state index in [1.807, 2.05) is 56.0 Å². The Kier molecular flexibility index (Phi) is 6.89. The summed E-state index contributed by atoms with van der Waals surface area (Å²) in [4.78, 5) is 21.8. The van der Waals surface area contributed by atoms with E-state index < -0.39 is 5.60 Å². The van der Waals surface area contributed by atoms with Gasteiger partial charge < -0.3 is 19.0 Å². The van der Waals surface area contributed by atoms with E-state index in [9.17, 15) is 4.79 Å². The second kappa shape index (κ2) is 9.71. The first kappa shape index (κ1) is 24.1. The van der Waals surface area contributed by atoms with Crippen molar-refractivity contribution in [2.24, 2.45) is 5.41 Å². The van der Waals surface area contributed by atoms with E-state index in [0.29, 0.717) is 48.3 Å². The second-order valence-electron chi connectivity index (χ2n) is 10.1. The van der Waals surface area contributed by atoms with Crippen molar-refractivity contribution >= 4 is 34.8 Å². The maximum Gasteiger partial charge on any atom is 0.410 e. The molecule has 0 aliphatic carbocycles. The minimum absolute atomic E-state index is 0.297. The number of rotatable bonds is 5. The number of aromatic nitrogens is 1. The zero-order valence-corrected chi connectivity index (χ0v) is 20.8. The Balaban J connectivity index is 1.71. The fraction of sp³-hybridized carbons (Fsp3) is 0.407. The second-order valence-corrected chi connectivity index (χ2v) is 10.5. The van der Waals surface area contributed by atoms with Crippen LogP contribution in [0.25, 0.3) is 11.1 Å². The van der Waals surface area contributed by atoms with Gasteiger partial charge in [0.1, 0.15) is 11.1 Å². The number of benzene rings is 2. The summed E-state index contributed by atoms with van der Waals surface area (Å²) in [6.45, 7) is 12.0. The molecule has 2 heterocycles. The molecule has 7 heteroatoms. The third-order valence-corrected chi connectivity index (χ3v) is 6.19. The van der Waals surface area contributed by atoms with Gasteiger partial charge in [0.25, 0.3) is 6.01 Å². The van der Waals surface area contributed by atoms with Gasteiger partial charge in [-0.05, 0) is 57.4 Å². The Hall–Kier alpha value is -2.99. The molecule has 1 atom stereocenters. The van der Waals surface area contributed by atoms with Crippen LogP contribution >= 0.6 is 11.6 Å². The van der Waals surface area contributed by atoms with E-state index in [2.05, 4.69) is 23.6 Å². The number of amides is 1. The van der Waals surface area contributed by atoms with Gasteiger partial charge >= 0.3 is 6.09 Å². The minimum Gasteiger partial charge on any atom is -0.444 e. The van der Waals surface area contributed by atoms with Crippen molar-refractivity contribution in [1.82, 2.24) is 9.88 Å². The molecule has 0 bridgehead atoms. The number of oxazole rings is 1. The number of allylic oxidation sites excluding steroid dienone is 1. The van der Waals surface area contributed by atoms with Gasteiger partial charge in [0.15, 0.2) is 5.58 Å². The van der Waals surface area contributed by atoms with Crippen molar-refractivity contribution in [3.63, 3.8) is 0 Å². The van der Waals surface area contributed by atoms with Crippen LogP contribution in [-0.2, 0) is 11.2 Å². The summed E-state index contributed by atoms with van der Waals surface area (Å²) >= 11 is 6.16. The summed E-state index contributed by atoms with van der Waals surface area (Å²) in [5.41, 5.74) is 1.75. The van der Waals surface area contributed by atoms with Gasteiger partial charge in [-0.3, -0.25) is 0 Å². The van der Waals surface area contributed by atoms with Gasteiger partial charge in [-0.25, -0.2) is 4.79 Å². The minimum atomic E-state index is -0.566. The van der Waals surface area contributed by atoms with Crippen LogP contribution in [0.2, 0.25) is 5.02 Å². The molecule has 2 aromatic carbocycles. The first-order valence-electron chi connectivity index (χ1n) is 11.6. The Bertz CT molecular complexity index is 1150. The lowest BCUT2D eigenvalue weighted by Gasteiger charge is -2.37. The Morgan fingerprint density at radius 2 is 1.97 bits per heavy atom. The molecule has 1 aliphatic heterocycles. The van der Waals surface area contributed by atoms with Crippen LogP contribution in [0.3, 0.4) is 0 Å². The lowest BCUT2D eigenvalue weighted by atomic mass is 9.77. The maximum atomic E-state index is 13.1. The number of hydrogen-bond donors (Lipinski definition) is 0. The molecule has 1 amide bonds. The van der Waals surface area contributed by atoms with Crippen molar-refractivity contribution < 1.29 is 13.9 Å². The van der Waals surface area contributed by atoms with Crippen LogP contribution in [0, 0.1) is 5.41 Å². The van der Waals surface area contributed by atoms with Gasteiger partial charge in [0.05, 0.1) is 0 Å². The van der Waals surface area contributed by atoms with E-state index in [0.717, 1.165) is 12.8 Å². The van der Waals surface area contributed by atoms with Crippen LogP contribution in [-0.4, -0.2) is 47.8 Å². The first-order chi connectivity index (χ1) is 16.2. The summed E-state index contributed by atoms with van der Waals surface area (Å²) in [7, 11) is 0. The van der Waals surface area contributed by atoms with Crippen molar-refractivity contribution in [1.29, 1.82) is 0 Å². The molecule has 1 fully saturated rings. The zero-order valence-electron chi connectivity index (χ0n) is 20.1. The van der Waals surface area contributed by atoms with Crippen molar-refractivity contribution in [2.75, 3.05) is 31.1 Å². The number of fused-ring (bicyclic) bond motifs is 1. The predicted molar refractivity (Wildman–Crippen MR) is 136 cm³/mol. The molecule has 1 saturated heterocycles. The number of ether oxygens (including phenoxy) is 1. The van der Waals surface area contributed by atoms with Crippen LogP contribution in [0.1, 0.15) is 32.8 Å². The SMILES string of the molecule is C=CC[C@]1(Cc2ccccc2)CN(C(=O)OC(C)(C)C)CCN(c2nc3cc(Cl)ccc3o2)C1. The highest BCUT2D eigenvalue weighted by Gasteiger charge is 2.40. The van der Waals surface area contributed by atoms with Crippen molar-refractivity contribution in [3.8, 4) is 0 Å².